The molecule has 0 N–H and O–H groups in total. The van der Waals surface area contributed by atoms with Crippen LogP contribution in [0, 0.1) is 5.41 Å². The molecule has 1 unspecified atom stereocenters. The Balaban J connectivity index is 1.97. The third-order valence-corrected chi connectivity index (χ3v) is 8.00. The van der Waals surface area contributed by atoms with E-state index < -0.39 is 26.3 Å². The molecule has 0 fully saturated rings. The van der Waals surface area contributed by atoms with Gasteiger partial charge in [-0.05, 0) is 36.1 Å². The molecule has 0 radical (unpaired) electrons. The van der Waals surface area contributed by atoms with Crippen LogP contribution < -0.4 is 0 Å². The summed E-state index contributed by atoms with van der Waals surface area (Å²) in [5, 5.41) is 1.16. The maximum Gasteiger partial charge on any atom is 0.402 e. The van der Waals surface area contributed by atoms with Crippen LogP contribution in [0.25, 0.3) is 6.08 Å². The highest BCUT2D eigenvalue weighted by atomic mass is 28.3. The van der Waals surface area contributed by atoms with E-state index in [4.69, 9.17) is 0 Å². The zero-order chi connectivity index (χ0) is 19.6. The van der Waals surface area contributed by atoms with Crippen LogP contribution in [0.1, 0.15) is 30.9 Å². The number of rotatable bonds is 2. The molecule has 0 spiro atoms. The molecule has 0 amide bonds. The highest BCUT2D eigenvalue weighted by molar-refractivity contribution is 6.65. The first-order chi connectivity index (χ1) is 12.7. The van der Waals surface area contributed by atoms with Gasteiger partial charge in [-0.2, -0.15) is 13.2 Å². The molecule has 3 aliphatic rings. The summed E-state index contributed by atoms with van der Waals surface area (Å²) in [6.45, 7) is 8.15. The second-order valence-corrected chi connectivity index (χ2v) is 11.0. The third kappa shape index (κ3) is 2.42. The molecule has 1 aromatic rings. The maximum absolute atomic E-state index is 14.9. The normalized spacial score (nSPS) is 26.8. The Labute approximate surface area is 160 Å². The van der Waals surface area contributed by atoms with Crippen LogP contribution in [0.15, 0.2) is 76.1 Å². The quantitative estimate of drug-likeness (QED) is 0.510. The van der Waals surface area contributed by atoms with Gasteiger partial charge in [0.15, 0.2) is 0 Å². The Morgan fingerprint density at radius 2 is 1.74 bits per heavy atom. The van der Waals surface area contributed by atoms with Crippen molar-refractivity contribution in [2.45, 2.75) is 39.0 Å². The summed E-state index contributed by atoms with van der Waals surface area (Å²) in [5.74, 6) is -0.721. The Hall–Kier alpha value is -2.07. The number of alkyl halides is 3. The van der Waals surface area contributed by atoms with Gasteiger partial charge < -0.3 is 0 Å². The highest BCUT2D eigenvalue weighted by Crippen LogP contribution is 2.63. The Bertz CT molecular complexity index is 970. The SMILES string of the molecule is CC1=Cc2ccccc2[C@@H]1C1(C(F)(F)F)C=CC=C2C1=CC(C)=C2[SiH](C)C. The fourth-order valence-electron chi connectivity index (χ4n) is 5.15. The van der Waals surface area contributed by atoms with Gasteiger partial charge in [-0.3, -0.25) is 0 Å². The molecule has 2 atom stereocenters. The van der Waals surface area contributed by atoms with Crippen LogP contribution in [-0.4, -0.2) is 15.0 Å². The lowest BCUT2D eigenvalue weighted by atomic mass is 9.62. The van der Waals surface area contributed by atoms with Gasteiger partial charge in [-0.15, -0.1) is 0 Å². The van der Waals surface area contributed by atoms with E-state index >= 15 is 0 Å². The van der Waals surface area contributed by atoms with E-state index in [2.05, 4.69) is 13.1 Å². The van der Waals surface area contributed by atoms with Crippen LogP contribution in [-0.2, 0) is 0 Å². The maximum atomic E-state index is 14.9. The molecule has 1 aromatic carbocycles. The predicted octanol–water partition coefficient (Wildman–Crippen LogP) is 6.51. The van der Waals surface area contributed by atoms with Gasteiger partial charge >= 0.3 is 6.18 Å². The molecule has 3 aliphatic carbocycles. The first-order valence-corrected chi connectivity index (χ1v) is 12.2. The Morgan fingerprint density at radius 1 is 1.04 bits per heavy atom. The number of halogens is 3. The fraction of sp³-hybridized carbons (Fsp3) is 0.304. The van der Waals surface area contributed by atoms with E-state index in [-0.39, 0.29) is 0 Å². The monoisotopic (exact) mass is 384 g/mol. The molecule has 4 rings (SSSR count). The van der Waals surface area contributed by atoms with E-state index in [1.807, 2.05) is 50.3 Å². The number of fused-ring (bicyclic) bond motifs is 2. The van der Waals surface area contributed by atoms with Crippen molar-refractivity contribution in [3.63, 3.8) is 0 Å². The standard InChI is InChI=1S/C23H23F3Si/c1-14-12-16-8-5-6-9-17(16)20(14)22(23(24,25)26)11-7-10-18-19(22)13-15(2)21(18)27(3)4/h5-13,20,27H,1-4H3/t20-,22?/m1/s1. The van der Waals surface area contributed by atoms with Gasteiger partial charge in [0.2, 0.25) is 0 Å². The molecule has 27 heavy (non-hydrogen) atoms. The molecular weight excluding hydrogens is 361 g/mol. The summed E-state index contributed by atoms with van der Waals surface area (Å²) in [6, 6.07) is 7.48. The third-order valence-electron chi connectivity index (χ3n) is 6.08. The molecule has 0 aliphatic heterocycles. The summed E-state index contributed by atoms with van der Waals surface area (Å²) in [7, 11) is -1.26. The molecule has 4 heteroatoms. The predicted molar refractivity (Wildman–Crippen MR) is 108 cm³/mol. The molecule has 0 nitrogen and oxygen atoms in total. The molecule has 0 heterocycles. The minimum Gasteiger partial charge on any atom is -0.170 e. The van der Waals surface area contributed by atoms with Crippen LogP contribution in [0.2, 0.25) is 13.1 Å². The number of hydrogen-bond donors (Lipinski definition) is 0. The minimum atomic E-state index is -4.39. The first kappa shape index (κ1) is 18.3. The number of allylic oxidation sites excluding steroid dienone is 9. The van der Waals surface area contributed by atoms with Gasteiger partial charge in [0, 0.05) is 5.92 Å². The molecule has 0 saturated carbocycles. The lowest BCUT2D eigenvalue weighted by Crippen LogP contribution is -2.44. The van der Waals surface area contributed by atoms with Crippen molar-refractivity contribution in [2.24, 2.45) is 5.41 Å². The van der Waals surface area contributed by atoms with Crippen LogP contribution in [0.4, 0.5) is 13.2 Å². The zero-order valence-electron chi connectivity index (χ0n) is 16.0. The summed E-state index contributed by atoms with van der Waals surface area (Å²) >= 11 is 0. The molecular formula is C23H23F3Si. The van der Waals surface area contributed by atoms with Crippen LogP contribution in [0.3, 0.4) is 0 Å². The lowest BCUT2D eigenvalue weighted by molar-refractivity contribution is -0.196. The van der Waals surface area contributed by atoms with Crippen molar-refractivity contribution in [2.75, 3.05) is 0 Å². The van der Waals surface area contributed by atoms with Gasteiger partial charge in [-0.25, -0.2) is 0 Å². The van der Waals surface area contributed by atoms with Crippen molar-refractivity contribution in [3.05, 3.63) is 87.2 Å². The van der Waals surface area contributed by atoms with E-state index in [1.54, 1.807) is 12.2 Å². The van der Waals surface area contributed by atoms with Crippen LogP contribution in [0.5, 0.6) is 0 Å². The van der Waals surface area contributed by atoms with Crippen molar-refractivity contribution in [1.29, 1.82) is 0 Å². The average molecular weight is 385 g/mol. The summed E-state index contributed by atoms with van der Waals surface area (Å²) in [6.07, 6.45) is 4.23. The topological polar surface area (TPSA) is 0 Å². The lowest BCUT2D eigenvalue weighted by Gasteiger charge is -2.43. The average Bonchev–Trinajstić information content (AvgIpc) is 3.09. The zero-order valence-corrected chi connectivity index (χ0v) is 17.1. The van der Waals surface area contributed by atoms with Crippen molar-refractivity contribution < 1.29 is 13.2 Å². The minimum absolute atomic E-state index is 0.431. The van der Waals surface area contributed by atoms with Crippen molar-refractivity contribution >= 4 is 14.9 Å². The van der Waals surface area contributed by atoms with E-state index in [1.165, 1.54) is 6.08 Å². The van der Waals surface area contributed by atoms with Crippen LogP contribution >= 0.6 is 0 Å². The molecule has 140 valence electrons. The summed E-state index contributed by atoms with van der Waals surface area (Å²) in [5.41, 5.74) is 2.67. The Morgan fingerprint density at radius 3 is 2.41 bits per heavy atom. The number of benzene rings is 1. The van der Waals surface area contributed by atoms with Crippen molar-refractivity contribution in [1.82, 2.24) is 0 Å². The summed E-state index contributed by atoms with van der Waals surface area (Å²) in [4.78, 5) is 0. The second kappa shape index (κ2) is 5.96. The smallest absolute Gasteiger partial charge is 0.170 e. The van der Waals surface area contributed by atoms with Gasteiger partial charge in [-0.1, -0.05) is 84.1 Å². The first-order valence-electron chi connectivity index (χ1n) is 9.35. The van der Waals surface area contributed by atoms with Gasteiger partial charge in [0.25, 0.3) is 0 Å². The van der Waals surface area contributed by atoms with E-state index in [9.17, 15) is 13.2 Å². The van der Waals surface area contributed by atoms with Gasteiger partial charge in [0.1, 0.15) is 5.41 Å². The second-order valence-electron chi connectivity index (χ2n) is 8.07. The number of hydrogen-bond acceptors (Lipinski definition) is 0. The van der Waals surface area contributed by atoms with E-state index in [0.29, 0.717) is 5.57 Å². The largest absolute Gasteiger partial charge is 0.402 e. The Kier molecular flexibility index (Phi) is 4.04. The fourth-order valence-corrected chi connectivity index (χ4v) is 7.02. The van der Waals surface area contributed by atoms with Crippen molar-refractivity contribution in [3.8, 4) is 0 Å². The van der Waals surface area contributed by atoms with E-state index in [0.717, 1.165) is 33.0 Å². The molecule has 0 saturated heterocycles. The van der Waals surface area contributed by atoms with Gasteiger partial charge in [0.05, 0.1) is 8.80 Å². The highest BCUT2D eigenvalue weighted by Gasteiger charge is 2.63. The summed E-state index contributed by atoms with van der Waals surface area (Å²) < 4.78 is 44.6. The molecule has 0 aromatic heterocycles. The molecule has 0 bridgehead atoms.